The summed E-state index contributed by atoms with van der Waals surface area (Å²) in [4.78, 5) is 24.7. The number of hydrogen-bond acceptors (Lipinski definition) is 6. The van der Waals surface area contributed by atoms with Crippen LogP contribution in [0.15, 0.2) is 74.3 Å². The van der Waals surface area contributed by atoms with Crippen molar-refractivity contribution in [2.45, 2.75) is 4.21 Å². The van der Waals surface area contributed by atoms with Crippen LogP contribution >= 0.6 is 22.9 Å². The molecule has 0 bridgehead atoms. The number of para-hydroxylation sites is 1. The van der Waals surface area contributed by atoms with Crippen molar-refractivity contribution in [2.75, 3.05) is 5.32 Å². The molecule has 0 unspecified atom stereocenters. The molecule has 2 aromatic heterocycles. The number of nitrogens with one attached hydrogen (secondary N) is 2. The van der Waals surface area contributed by atoms with Gasteiger partial charge in [-0.15, -0.1) is 11.3 Å². The molecule has 0 aliphatic heterocycles. The third-order valence-corrected chi connectivity index (χ3v) is 7.29. The van der Waals surface area contributed by atoms with Gasteiger partial charge in [0.2, 0.25) is 5.43 Å². The highest BCUT2D eigenvalue weighted by Crippen LogP contribution is 2.26. The molecular formula is C20H12ClFN2O5S2. The first-order chi connectivity index (χ1) is 14.7. The molecule has 0 aliphatic carbocycles. The first-order valence-electron chi connectivity index (χ1n) is 8.64. The maximum Gasteiger partial charge on any atom is 0.333 e. The second-order valence-electron chi connectivity index (χ2n) is 6.29. The zero-order valence-electron chi connectivity index (χ0n) is 15.4. The number of urea groups is 1. The Morgan fingerprint density at radius 3 is 2.55 bits per heavy atom. The number of benzene rings is 2. The van der Waals surface area contributed by atoms with Gasteiger partial charge in [-0.2, -0.15) is 0 Å². The van der Waals surface area contributed by atoms with Crippen LogP contribution < -0.4 is 15.5 Å². The minimum absolute atomic E-state index is 0.0108. The van der Waals surface area contributed by atoms with Gasteiger partial charge in [0.25, 0.3) is 10.0 Å². The lowest BCUT2D eigenvalue weighted by atomic mass is 10.0. The summed E-state index contributed by atoms with van der Waals surface area (Å²) in [6.07, 6.45) is 1.17. The summed E-state index contributed by atoms with van der Waals surface area (Å²) in [5.74, 6) is -0.798. The summed E-state index contributed by atoms with van der Waals surface area (Å²) in [5.41, 5.74) is -0.0428. The smallest absolute Gasteiger partial charge is 0.333 e. The fourth-order valence-corrected chi connectivity index (χ4v) is 5.24. The maximum absolute atomic E-state index is 14.7. The van der Waals surface area contributed by atoms with Crippen molar-refractivity contribution in [3.8, 4) is 11.1 Å². The van der Waals surface area contributed by atoms with Crippen LogP contribution in [0.25, 0.3) is 22.1 Å². The summed E-state index contributed by atoms with van der Waals surface area (Å²) in [5, 5.41) is 2.54. The van der Waals surface area contributed by atoms with Crippen LogP contribution in [0.1, 0.15) is 0 Å². The zero-order chi connectivity index (χ0) is 22.2. The van der Waals surface area contributed by atoms with E-state index in [0.717, 1.165) is 17.4 Å². The Balaban J connectivity index is 1.56. The zero-order valence-corrected chi connectivity index (χ0v) is 17.8. The number of carbonyl (C=O) groups excluding carboxylic acids is 1. The van der Waals surface area contributed by atoms with Gasteiger partial charge in [0.05, 0.1) is 15.3 Å². The molecule has 2 aromatic carbocycles. The predicted octanol–water partition coefficient (Wildman–Crippen LogP) is 4.82. The summed E-state index contributed by atoms with van der Waals surface area (Å²) in [7, 11) is -4.12. The molecule has 0 saturated carbocycles. The van der Waals surface area contributed by atoms with Crippen molar-refractivity contribution >= 4 is 55.6 Å². The van der Waals surface area contributed by atoms with Crippen molar-refractivity contribution in [2.24, 2.45) is 0 Å². The molecule has 158 valence electrons. The van der Waals surface area contributed by atoms with Crippen molar-refractivity contribution in [3.05, 3.63) is 81.2 Å². The number of hydrogen-bond donors (Lipinski definition) is 2. The summed E-state index contributed by atoms with van der Waals surface area (Å²) < 4.78 is 46.3. The average Bonchev–Trinajstić information content (AvgIpc) is 3.16. The lowest BCUT2D eigenvalue weighted by Crippen LogP contribution is -2.33. The molecule has 11 heteroatoms. The van der Waals surface area contributed by atoms with E-state index in [9.17, 15) is 22.4 Å². The average molecular weight is 479 g/mol. The van der Waals surface area contributed by atoms with Crippen molar-refractivity contribution in [1.29, 1.82) is 0 Å². The van der Waals surface area contributed by atoms with E-state index in [1.54, 1.807) is 24.3 Å². The van der Waals surface area contributed by atoms with Gasteiger partial charge in [0.15, 0.2) is 0 Å². The van der Waals surface area contributed by atoms with Crippen LogP contribution in [-0.2, 0) is 10.0 Å². The lowest BCUT2D eigenvalue weighted by molar-refractivity contribution is 0.256. The van der Waals surface area contributed by atoms with E-state index in [1.165, 1.54) is 30.5 Å². The molecule has 4 rings (SSSR count). The van der Waals surface area contributed by atoms with Crippen LogP contribution in [0.2, 0.25) is 4.34 Å². The Morgan fingerprint density at radius 2 is 1.84 bits per heavy atom. The fraction of sp³-hybridized carbons (Fsp3) is 0. The number of sulfonamides is 1. The Kier molecular flexibility index (Phi) is 5.52. The number of fused-ring (bicyclic) bond motifs is 1. The first kappa shape index (κ1) is 21.0. The fourth-order valence-electron chi connectivity index (χ4n) is 2.85. The van der Waals surface area contributed by atoms with E-state index < -0.39 is 27.3 Å². The molecule has 0 aliphatic rings. The molecule has 31 heavy (non-hydrogen) atoms. The minimum atomic E-state index is -4.12. The van der Waals surface area contributed by atoms with E-state index in [2.05, 4.69) is 5.32 Å². The Labute approximate surface area is 184 Å². The standard InChI is InChI=1S/C20H12ClFN2O5S2/c21-17-7-8-18(30-17)31(27,28)24-20(26)23-11-5-6-12(15(22)9-11)14-10-29-16-4-2-1-3-13(16)19(14)25/h1-10H,(H2,23,24,26). The highest BCUT2D eigenvalue weighted by molar-refractivity contribution is 7.92. The molecule has 2 N–H and O–H groups in total. The second-order valence-corrected chi connectivity index (χ2v) is 9.91. The van der Waals surface area contributed by atoms with Crippen molar-refractivity contribution < 1.29 is 22.0 Å². The van der Waals surface area contributed by atoms with Crippen molar-refractivity contribution in [1.82, 2.24) is 4.72 Å². The Morgan fingerprint density at radius 1 is 1.06 bits per heavy atom. The Bertz CT molecular complexity index is 1480. The molecule has 7 nitrogen and oxygen atoms in total. The third kappa shape index (κ3) is 4.31. The van der Waals surface area contributed by atoms with Crippen LogP contribution in [0.3, 0.4) is 0 Å². The quantitative estimate of drug-likeness (QED) is 0.437. The lowest BCUT2D eigenvalue weighted by Gasteiger charge is -2.09. The van der Waals surface area contributed by atoms with Gasteiger partial charge in [-0.3, -0.25) is 4.79 Å². The molecule has 0 spiro atoms. The van der Waals surface area contributed by atoms with E-state index in [0.29, 0.717) is 11.0 Å². The maximum atomic E-state index is 14.7. The summed E-state index contributed by atoms with van der Waals surface area (Å²) in [6, 6.07) is 11.7. The summed E-state index contributed by atoms with van der Waals surface area (Å²) >= 11 is 6.50. The second kappa shape index (κ2) is 8.14. The molecule has 0 saturated heterocycles. The van der Waals surface area contributed by atoms with Crippen LogP contribution in [0.4, 0.5) is 14.9 Å². The molecular weight excluding hydrogens is 467 g/mol. The van der Waals surface area contributed by atoms with Gasteiger partial charge < -0.3 is 9.73 Å². The highest BCUT2D eigenvalue weighted by atomic mass is 35.5. The Hall–Kier alpha value is -3.21. The first-order valence-corrected chi connectivity index (χ1v) is 11.3. The SMILES string of the molecule is O=C(Nc1ccc(-c2coc3ccccc3c2=O)c(F)c1)NS(=O)(=O)c1ccc(Cl)s1. The number of anilines is 1. The number of amides is 2. The van der Waals surface area contributed by atoms with Gasteiger partial charge in [0.1, 0.15) is 21.9 Å². The van der Waals surface area contributed by atoms with Crippen LogP contribution in [0.5, 0.6) is 0 Å². The van der Waals surface area contributed by atoms with E-state index in [1.807, 2.05) is 4.72 Å². The largest absolute Gasteiger partial charge is 0.463 e. The van der Waals surface area contributed by atoms with Gasteiger partial charge in [-0.1, -0.05) is 23.7 Å². The molecule has 4 aromatic rings. The van der Waals surface area contributed by atoms with E-state index >= 15 is 0 Å². The van der Waals surface area contributed by atoms with Crippen molar-refractivity contribution in [3.63, 3.8) is 0 Å². The van der Waals surface area contributed by atoms with Gasteiger partial charge in [-0.05, 0) is 42.5 Å². The molecule has 0 fully saturated rings. The number of carbonyl (C=O) groups is 1. The van der Waals surface area contributed by atoms with E-state index in [-0.39, 0.29) is 25.4 Å². The monoisotopic (exact) mass is 478 g/mol. The highest BCUT2D eigenvalue weighted by Gasteiger charge is 2.20. The number of thiophene rings is 1. The van der Waals surface area contributed by atoms with Gasteiger partial charge >= 0.3 is 6.03 Å². The molecule has 0 atom stereocenters. The molecule has 2 heterocycles. The van der Waals surface area contributed by atoms with Crippen LogP contribution in [0, 0.1) is 5.82 Å². The van der Waals surface area contributed by atoms with Crippen LogP contribution in [-0.4, -0.2) is 14.4 Å². The molecule has 0 radical (unpaired) electrons. The van der Waals surface area contributed by atoms with E-state index in [4.69, 9.17) is 16.0 Å². The summed E-state index contributed by atoms with van der Waals surface area (Å²) in [6.45, 7) is 0. The predicted molar refractivity (Wildman–Crippen MR) is 117 cm³/mol. The third-order valence-electron chi connectivity index (χ3n) is 4.24. The van der Waals surface area contributed by atoms with Gasteiger partial charge in [-0.25, -0.2) is 22.3 Å². The normalized spacial score (nSPS) is 11.4. The minimum Gasteiger partial charge on any atom is -0.463 e. The van der Waals surface area contributed by atoms with Gasteiger partial charge in [0, 0.05) is 11.3 Å². The molecule has 2 amide bonds. The number of rotatable bonds is 4. The topological polar surface area (TPSA) is 105 Å². The number of halogens is 2.